The number of hydrogen-bond donors (Lipinski definition) is 3. The molecule has 2 aromatic carbocycles. The number of nitrogens with two attached hydrogens (primary N) is 1. The van der Waals surface area contributed by atoms with E-state index in [1.165, 1.54) is 14.2 Å². The van der Waals surface area contributed by atoms with E-state index in [1.54, 1.807) is 12.3 Å². The van der Waals surface area contributed by atoms with Crippen LogP contribution in [0.15, 0.2) is 60.8 Å². The number of rotatable bonds is 14. The fourth-order valence-corrected chi connectivity index (χ4v) is 6.35. The molecule has 246 valence electrons. The third-order valence-corrected chi connectivity index (χ3v) is 8.97. The molecule has 0 radical (unpaired) electrons. The lowest BCUT2D eigenvalue weighted by molar-refractivity contribution is -0.132. The van der Waals surface area contributed by atoms with E-state index in [9.17, 15) is 18.7 Å². The van der Waals surface area contributed by atoms with E-state index in [1.807, 2.05) is 47.4 Å². The van der Waals surface area contributed by atoms with E-state index in [0.717, 1.165) is 57.3 Å². The van der Waals surface area contributed by atoms with E-state index in [0.29, 0.717) is 32.4 Å². The minimum atomic E-state index is -1.34. The first-order chi connectivity index (χ1) is 22.2. The number of aromatic hydroxyl groups is 1. The highest BCUT2D eigenvalue weighted by molar-refractivity contribution is 5.87. The van der Waals surface area contributed by atoms with Crippen LogP contribution in [0.4, 0.5) is 8.78 Å². The number of likely N-dealkylation sites (tertiary alicyclic amines) is 1. The third-order valence-electron chi connectivity index (χ3n) is 8.97. The average Bonchev–Trinajstić information content (AvgIpc) is 3.53. The van der Waals surface area contributed by atoms with Gasteiger partial charge in [-0.3, -0.25) is 4.79 Å². The average molecular weight is 635 g/mol. The third kappa shape index (κ3) is 8.48. The van der Waals surface area contributed by atoms with Gasteiger partial charge < -0.3 is 30.2 Å². The lowest BCUT2D eigenvalue weighted by Gasteiger charge is -2.33. The second kappa shape index (κ2) is 15.6. The fraction of sp³-hybridized carbons (Fsp3) is 0.444. The van der Waals surface area contributed by atoms with Crippen molar-refractivity contribution >= 4 is 16.8 Å². The Kier molecular flexibility index (Phi) is 11.4. The molecule has 3 unspecified atom stereocenters. The van der Waals surface area contributed by atoms with Crippen molar-refractivity contribution in [3.63, 3.8) is 0 Å². The predicted octanol–water partition coefficient (Wildman–Crippen LogP) is 6.35. The molecule has 1 saturated heterocycles. The van der Waals surface area contributed by atoms with Crippen molar-refractivity contribution in [3.05, 3.63) is 83.2 Å². The summed E-state index contributed by atoms with van der Waals surface area (Å²) in [5.41, 5.74) is 13.4. The Hall–Kier alpha value is -3.86. The Morgan fingerprint density at radius 3 is 2.37 bits per heavy atom. The number of alkyl halides is 2. The summed E-state index contributed by atoms with van der Waals surface area (Å²) >= 11 is 0. The summed E-state index contributed by atoms with van der Waals surface area (Å²) in [5.74, 6) is 0.145. The van der Waals surface area contributed by atoms with Crippen molar-refractivity contribution in [3.8, 4) is 17.0 Å². The number of nitrogens with zero attached hydrogens (tertiary/aromatic N) is 2. The molecule has 0 aliphatic carbocycles. The number of aryl methyl sites for hydroxylation is 2. The monoisotopic (exact) mass is 634 g/mol. The SMILES string of the molecule is COC(F)CCc1ccc(CCC(F)OC)c2[nH]c(C3CCCN(C(=O)C[C@H](N)Cc4ccc(-c5ccc(O)nc5)cc4)C3)cc12. The van der Waals surface area contributed by atoms with Crippen LogP contribution in [0, 0.1) is 0 Å². The minimum Gasteiger partial charge on any atom is -0.493 e. The predicted molar refractivity (Wildman–Crippen MR) is 175 cm³/mol. The van der Waals surface area contributed by atoms with Gasteiger partial charge in [-0.1, -0.05) is 36.4 Å². The van der Waals surface area contributed by atoms with Crippen LogP contribution in [0.5, 0.6) is 5.88 Å². The molecule has 1 aliphatic heterocycles. The molecular formula is C36H44F2N4O4. The number of carbonyl (C=O) groups excluding carboxylic acids is 1. The van der Waals surface area contributed by atoms with Gasteiger partial charge in [0.2, 0.25) is 11.8 Å². The van der Waals surface area contributed by atoms with Crippen molar-refractivity contribution in [1.82, 2.24) is 14.9 Å². The maximum atomic E-state index is 13.9. The lowest BCUT2D eigenvalue weighted by atomic mass is 9.93. The van der Waals surface area contributed by atoms with Crippen LogP contribution in [0.25, 0.3) is 22.0 Å². The number of halogens is 2. The Labute approximate surface area is 268 Å². The van der Waals surface area contributed by atoms with Crippen LogP contribution in [-0.2, 0) is 33.5 Å². The highest BCUT2D eigenvalue weighted by Gasteiger charge is 2.27. The summed E-state index contributed by atoms with van der Waals surface area (Å²) in [5, 5.41) is 10.4. The quantitative estimate of drug-likeness (QED) is 0.149. The van der Waals surface area contributed by atoms with Gasteiger partial charge in [0, 0.05) is 93.0 Å². The lowest BCUT2D eigenvalue weighted by Crippen LogP contribution is -2.42. The van der Waals surface area contributed by atoms with E-state index in [2.05, 4.69) is 16.0 Å². The highest BCUT2D eigenvalue weighted by Crippen LogP contribution is 2.33. The Morgan fingerprint density at radius 1 is 1.02 bits per heavy atom. The first-order valence-electron chi connectivity index (χ1n) is 16.0. The van der Waals surface area contributed by atoms with Crippen LogP contribution in [0.2, 0.25) is 0 Å². The number of benzene rings is 2. The second-order valence-electron chi connectivity index (χ2n) is 12.2. The molecule has 4 atom stereocenters. The van der Waals surface area contributed by atoms with Crippen molar-refractivity contribution < 1.29 is 28.2 Å². The number of H-pyrrole nitrogens is 1. The standard InChI is InChI=1S/C36H44F2N4O4/c1-45-32(37)14-11-25-9-10-26(12-15-33(38)46-2)36-30(25)20-31(41-36)28-4-3-17-42(22-28)35(44)19-29(39)18-23-5-7-24(8-6-23)27-13-16-34(43)40-21-27/h5-10,13,16,20-21,28-29,32-33,41H,3-4,11-12,14-15,17-19,22,39H2,1-2H3,(H,40,43)/t28?,29-,32?,33?/m1/s1. The normalized spacial score (nSPS) is 17.2. The van der Waals surface area contributed by atoms with Crippen molar-refractivity contribution in [2.45, 2.75) is 76.0 Å². The second-order valence-corrected chi connectivity index (χ2v) is 12.2. The van der Waals surface area contributed by atoms with Gasteiger partial charge in [0.25, 0.3) is 0 Å². The Morgan fingerprint density at radius 2 is 1.70 bits per heavy atom. The molecule has 10 heteroatoms. The number of nitrogens with one attached hydrogen (secondary N) is 1. The number of piperidine rings is 1. The summed E-state index contributed by atoms with van der Waals surface area (Å²) in [6.07, 6.45) is 3.08. The molecule has 0 bridgehead atoms. The number of aromatic nitrogens is 2. The van der Waals surface area contributed by atoms with Gasteiger partial charge in [0.15, 0.2) is 12.7 Å². The molecule has 3 heterocycles. The number of carbonyl (C=O) groups is 1. The van der Waals surface area contributed by atoms with E-state index >= 15 is 0 Å². The summed E-state index contributed by atoms with van der Waals surface area (Å²) in [7, 11) is 2.72. The van der Waals surface area contributed by atoms with E-state index < -0.39 is 12.7 Å². The smallest absolute Gasteiger partial charge is 0.224 e. The number of hydrogen-bond acceptors (Lipinski definition) is 6. The number of aromatic amines is 1. The Balaban J connectivity index is 1.24. The molecule has 5 rings (SSSR count). The zero-order valence-corrected chi connectivity index (χ0v) is 26.6. The molecule has 1 fully saturated rings. The molecule has 4 N–H and O–H groups in total. The maximum Gasteiger partial charge on any atom is 0.224 e. The molecule has 1 aliphatic rings. The van der Waals surface area contributed by atoms with Crippen LogP contribution < -0.4 is 5.73 Å². The molecule has 1 amide bonds. The highest BCUT2D eigenvalue weighted by atomic mass is 19.1. The van der Waals surface area contributed by atoms with Gasteiger partial charge in [-0.2, -0.15) is 0 Å². The van der Waals surface area contributed by atoms with Crippen molar-refractivity contribution in [2.75, 3.05) is 27.3 Å². The first-order valence-corrected chi connectivity index (χ1v) is 16.0. The number of methoxy groups -OCH3 is 2. The minimum absolute atomic E-state index is 0.0158. The summed E-state index contributed by atoms with van der Waals surface area (Å²) < 4.78 is 37.5. The van der Waals surface area contributed by atoms with Gasteiger partial charge in [0.05, 0.1) is 0 Å². The van der Waals surface area contributed by atoms with Gasteiger partial charge in [-0.15, -0.1) is 0 Å². The number of pyridine rings is 1. The molecular weight excluding hydrogens is 590 g/mol. The number of amides is 1. The molecule has 0 saturated carbocycles. The summed E-state index contributed by atoms with van der Waals surface area (Å²) in [6, 6.07) is 17.2. The van der Waals surface area contributed by atoms with Gasteiger partial charge in [-0.25, -0.2) is 13.8 Å². The number of fused-ring (bicyclic) bond motifs is 1. The molecule has 2 aromatic heterocycles. The van der Waals surface area contributed by atoms with Crippen molar-refractivity contribution in [1.29, 1.82) is 0 Å². The molecule has 4 aromatic rings. The van der Waals surface area contributed by atoms with E-state index in [4.69, 9.17) is 15.2 Å². The Bertz CT molecular complexity index is 1530. The molecule has 46 heavy (non-hydrogen) atoms. The summed E-state index contributed by atoms with van der Waals surface area (Å²) in [4.78, 5) is 22.8. The van der Waals surface area contributed by atoms with Gasteiger partial charge >= 0.3 is 0 Å². The van der Waals surface area contributed by atoms with Crippen LogP contribution in [0.1, 0.15) is 60.4 Å². The zero-order valence-electron chi connectivity index (χ0n) is 26.6. The molecule has 0 spiro atoms. The maximum absolute atomic E-state index is 13.9. The van der Waals surface area contributed by atoms with Crippen LogP contribution in [-0.4, -0.2) is 71.9 Å². The van der Waals surface area contributed by atoms with Gasteiger partial charge in [0.1, 0.15) is 0 Å². The van der Waals surface area contributed by atoms with Crippen LogP contribution in [0.3, 0.4) is 0 Å². The topological polar surface area (TPSA) is 114 Å². The largest absolute Gasteiger partial charge is 0.493 e. The fourth-order valence-electron chi connectivity index (χ4n) is 6.35. The van der Waals surface area contributed by atoms with Gasteiger partial charge in [-0.05, 0) is 66.5 Å². The van der Waals surface area contributed by atoms with Crippen molar-refractivity contribution in [2.24, 2.45) is 5.73 Å². The molecule has 8 nitrogen and oxygen atoms in total. The van der Waals surface area contributed by atoms with E-state index in [-0.39, 0.29) is 43.0 Å². The first kappa shape index (κ1) is 33.5. The van der Waals surface area contributed by atoms with Crippen LogP contribution >= 0.6 is 0 Å². The zero-order chi connectivity index (χ0) is 32.6. The number of ether oxygens (including phenoxy) is 2. The summed E-state index contributed by atoms with van der Waals surface area (Å²) in [6.45, 7) is 1.28.